The highest BCUT2D eigenvalue weighted by molar-refractivity contribution is 7.11. The molecule has 2 amide bonds. The third-order valence-corrected chi connectivity index (χ3v) is 4.68. The minimum atomic E-state index is -0.145. The summed E-state index contributed by atoms with van der Waals surface area (Å²) in [6.07, 6.45) is 2.68. The first kappa shape index (κ1) is 15.0. The molecule has 0 aliphatic heterocycles. The molecule has 2 N–H and O–H groups in total. The van der Waals surface area contributed by atoms with E-state index in [0.29, 0.717) is 0 Å². The van der Waals surface area contributed by atoms with Crippen LogP contribution in [0.2, 0.25) is 0 Å². The summed E-state index contributed by atoms with van der Waals surface area (Å²) in [6.45, 7) is 5.97. The molecule has 2 unspecified atom stereocenters. The summed E-state index contributed by atoms with van der Waals surface area (Å²) >= 11 is 3.28. The van der Waals surface area contributed by atoms with E-state index >= 15 is 0 Å². The minimum Gasteiger partial charge on any atom is -0.335 e. The molecule has 0 spiro atoms. The van der Waals surface area contributed by atoms with Gasteiger partial charge >= 0.3 is 6.03 Å². The number of carbonyl (C=O) groups is 1. The highest BCUT2D eigenvalue weighted by Crippen LogP contribution is 2.18. The van der Waals surface area contributed by atoms with Gasteiger partial charge in [0, 0.05) is 17.1 Å². The van der Waals surface area contributed by atoms with Crippen LogP contribution in [0.5, 0.6) is 0 Å². The number of hydrogen-bond acceptors (Lipinski definition) is 4. The number of thiophene rings is 1. The molecule has 0 aliphatic carbocycles. The van der Waals surface area contributed by atoms with Crippen LogP contribution in [0, 0.1) is 6.92 Å². The van der Waals surface area contributed by atoms with E-state index in [9.17, 15) is 4.79 Å². The maximum absolute atomic E-state index is 11.9. The number of amides is 2. The molecule has 2 heterocycles. The molecule has 0 aromatic carbocycles. The Morgan fingerprint density at radius 2 is 2.20 bits per heavy atom. The van der Waals surface area contributed by atoms with Crippen LogP contribution in [0.3, 0.4) is 0 Å². The molecule has 20 heavy (non-hydrogen) atoms. The standard InChI is InChI=1S/C14H19N3OS2/c1-9(6-12-4-5-19-8-12)16-14(18)17-11(3)13-15-7-10(2)20-13/h4-5,7-9,11H,6H2,1-3H3,(H2,16,17,18). The summed E-state index contributed by atoms with van der Waals surface area (Å²) in [5.74, 6) is 0. The molecule has 6 heteroatoms. The largest absolute Gasteiger partial charge is 0.335 e. The second kappa shape index (κ2) is 6.85. The summed E-state index contributed by atoms with van der Waals surface area (Å²) < 4.78 is 0. The molecular formula is C14H19N3OS2. The van der Waals surface area contributed by atoms with Crippen molar-refractivity contribution >= 4 is 28.7 Å². The third-order valence-electron chi connectivity index (χ3n) is 2.86. The average Bonchev–Trinajstić information content (AvgIpc) is 3.00. The number of aromatic nitrogens is 1. The van der Waals surface area contributed by atoms with Crippen LogP contribution in [0.1, 0.15) is 35.3 Å². The molecule has 0 radical (unpaired) electrons. The van der Waals surface area contributed by atoms with Crippen LogP contribution >= 0.6 is 22.7 Å². The van der Waals surface area contributed by atoms with Crippen LogP contribution in [0.4, 0.5) is 4.79 Å². The van der Waals surface area contributed by atoms with Crippen molar-refractivity contribution in [3.8, 4) is 0 Å². The van der Waals surface area contributed by atoms with Crippen LogP contribution in [0.25, 0.3) is 0 Å². The molecule has 0 saturated heterocycles. The number of nitrogens with zero attached hydrogens (tertiary/aromatic N) is 1. The van der Waals surface area contributed by atoms with Crippen molar-refractivity contribution in [2.45, 2.75) is 39.3 Å². The Bertz CT molecular complexity index is 551. The van der Waals surface area contributed by atoms with E-state index in [1.54, 1.807) is 22.7 Å². The second-order valence-electron chi connectivity index (χ2n) is 4.89. The summed E-state index contributed by atoms with van der Waals surface area (Å²) in [7, 11) is 0. The van der Waals surface area contributed by atoms with Crippen molar-refractivity contribution < 1.29 is 4.79 Å². The maximum atomic E-state index is 11.9. The maximum Gasteiger partial charge on any atom is 0.315 e. The number of aryl methyl sites for hydroxylation is 1. The molecule has 108 valence electrons. The lowest BCUT2D eigenvalue weighted by atomic mass is 10.1. The van der Waals surface area contributed by atoms with Gasteiger partial charge in [0.2, 0.25) is 0 Å². The van der Waals surface area contributed by atoms with Gasteiger partial charge in [-0.1, -0.05) is 0 Å². The number of hydrogen-bond donors (Lipinski definition) is 2. The van der Waals surface area contributed by atoms with Crippen LogP contribution < -0.4 is 10.6 Å². The van der Waals surface area contributed by atoms with Crippen LogP contribution in [0.15, 0.2) is 23.0 Å². The Hall–Kier alpha value is -1.40. The molecule has 2 rings (SSSR count). The fourth-order valence-corrected chi connectivity index (χ4v) is 3.37. The first-order valence-electron chi connectivity index (χ1n) is 6.55. The zero-order valence-corrected chi connectivity index (χ0v) is 13.5. The highest BCUT2D eigenvalue weighted by atomic mass is 32.1. The number of carbonyl (C=O) groups excluding carboxylic acids is 1. The fraction of sp³-hybridized carbons (Fsp3) is 0.429. The Morgan fingerprint density at radius 3 is 2.80 bits per heavy atom. The van der Waals surface area contributed by atoms with Gasteiger partial charge in [-0.2, -0.15) is 11.3 Å². The first-order chi connectivity index (χ1) is 9.54. The van der Waals surface area contributed by atoms with E-state index in [4.69, 9.17) is 0 Å². The van der Waals surface area contributed by atoms with Gasteiger partial charge in [-0.05, 0) is 49.6 Å². The Balaban J connectivity index is 1.80. The quantitative estimate of drug-likeness (QED) is 0.888. The van der Waals surface area contributed by atoms with Gasteiger partial charge in [-0.3, -0.25) is 0 Å². The smallest absolute Gasteiger partial charge is 0.315 e. The zero-order valence-electron chi connectivity index (χ0n) is 11.8. The normalized spacial score (nSPS) is 13.8. The van der Waals surface area contributed by atoms with Gasteiger partial charge in [0.25, 0.3) is 0 Å². The van der Waals surface area contributed by atoms with Gasteiger partial charge in [0.15, 0.2) is 0 Å². The second-order valence-corrected chi connectivity index (χ2v) is 6.93. The van der Waals surface area contributed by atoms with E-state index in [-0.39, 0.29) is 18.1 Å². The lowest BCUT2D eigenvalue weighted by Gasteiger charge is -2.16. The monoisotopic (exact) mass is 309 g/mol. The molecule has 4 nitrogen and oxygen atoms in total. The predicted molar refractivity (Wildman–Crippen MR) is 84.4 cm³/mol. The average molecular weight is 309 g/mol. The van der Waals surface area contributed by atoms with Crippen LogP contribution in [-0.4, -0.2) is 17.1 Å². The Kier molecular flexibility index (Phi) is 5.14. The molecule has 0 fully saturated rings. The van der Waals surface area contributed by atoms with Gasteiger partial charge in [-0.25, -0.2) is 9.78 Å². The van der Waals surface area contributed by atoms with Gasteiger partial charge < -0.3 is 10.6 Å². The molecule has 0 aliphatic rings. The molecule has 2 aromatic rings. The fourth-order valence-electron chi connectivity index (χ4n) is 1.91. The molecule has 0 bridgehead atoms. The summed E-state index contributed by atoms with van der Waals surface area (Å²) in [6, 6.07) is 1.98. The van der Waals surface area contributed by atoms with E-state index in [1.807, 2.05) is 27.0 Å². The van der Waals surface area contributed by atoms with Gasteiger partial charge in [-0.15, -0.1) is 11.3 Å². The van der Waals surface area contributed by atoms with E-state index in [1.165, 1.54) is 5.56 Å². The lowest BCUT2D eigenvalue weighted by molar-refractivity contribution is 0.234. The summed E-state index contributed by atoms with van der Waals surface area (Å²) in [5, 5.41) is 11.0. The lowest BCUT2D eigenvalue weighted by Crippen LogP contribution is -2.42. The Labute approximate surface area is 127 Å². The first-order valence-corrected chi connectivity index (χ1v) is 8.31. The molecule has 2 aromatic heterocycles. The minimum absolute atomic E-state index is 0.0675. The SMILES string of the molecule is Cc1cnc(C(C)NC(=O)NC(C)Cc2ccsc2)s1. The topological polar surface area (TPSA) is 54.0 Å². The van der Waals surface area contributed by atoms with Crippen LogP contribution in [-0.2, 0) is 6.42 Å². The summed E-state index contributed by atoms with van der Waals surface area (Å²) in [5.41, 5.74) is 1.26. The number of rotatable bonds is 5. The van der Waals surface area contributed by atoms with Crippen molar-refractivity contribution in [3.63, 3.8) is 0 Å². The third kappa shape index (κ3) is 4.31. The van der Waals surface area contributed by atoms with Crippen molar-refractivity contribution in [3.05, 3.63) is 38.5 Å². The molecule has 0 saturated carbocycles. The zero-order chi connectivity index (χ0) is 14.5. The number of nitrogens with one attached hydrogen (secondary N) is 2. The number of urea groups is 1. The summed E-state index contributed by atoms with van der Waals surface area (Å²) in [4.78, 5) is 17.4. The predicted octanol–water partition coefficient (Wildman–Crippen LogP) is 3.50. The van der Waals surface area contributed by atoms with E-state index in [0.717, 1.165) is 16.3 Å². The van der Waals surface area contributed by atoms with E-state index < -0.39 is 0 Å². The Morgan fingerprint density at radius 1 is 1.40 bits per heavy atom. The van der Waals surface area contributed by atoms with Crippen molar-refractivity contribution in [1.29, 1.82) is 0 Å². The number of thiazole rings is 1. The molecule has 2 atom stereocenters. The van der Waals surface area contributed by atoms with Gasteiger partial charge in [0.05, 0.1) is 6.04 Å². The van der Waals surface area contributed by atoms with Crippen molar-refractivity contribution in [2.75, 3.05) is 0 Å². The van der Waals surface area contributed by atoms with Gasteiger partial charge in [0.1, 0.15) is 5.01 Å². The highest BCUT2D eigenvalue weighted by Gasteiger charge is 2.14. The van der Waals surface area contributed by atoms with Crippen molar-refractivity contribution in [2.24, 2.45) is 0 Å². The van der Waals surface area contributed by atoms with E-state index in [2.05, 4.69) is 32.4 Å². The molecular weight excluding hydrogens is 290 g/mol. The van der Waals surface area contributed by atoms with Crippen molar-refractivity contribution in [1.82, 2.24) is 15.6 Å².